The third-order valence-corrected chi connectivity index (χ3v) is 3.59. The number of nitrogens with zero attached hydrogens (tertiary/aromatic N) is 1. The highest BCUT2D eigenvalue weighted by atomic mass is 35.5. The van der Waals surface area contributed by atoms with E-state index in [2.05, 4.69) is 4.98 Å². The van der Waals surface area contributed by atoms with Crippen molar-refractivity contribution in [1.82, 2.24) is 4.98 Å². The molecule has 0 aliphatic rings. The van der Waals surface area contributed by atoms with Crippen molar-refractivity contribution < 1.29 is 0 Å². The van der Waals surface area contributed by atoms with Gasteiger partial charge in [0.25, 0.3) is 0 Å². The largest absolute Gasteiger partial charge is 0.394 e. The summed E-state index contributed by atoms with van der Waals surface area (Å²) in [5, 5.41) is 9.51. The second-order valence-electron chi connectivity index (χ2n) is 4.61. The Labute approximate surface area is 127 Å². The normalized spacial score (nSPS) is 11.2. The van der Waals surface area contributed by atoms with Gasteiger partial charge in [-0.2, -0.15) is 5.26 Å². The monoisotopic (exact) mass is 299 g/mol. The summed E-state index contributed by atoms with van der Waals surface area (Å²) in [5.41, 5.74) is 8.80. The first kappa shape index (κ1) is 14.9. The molecule has 1 aromatic heterocycles. The maximum atomic E-state index is 12.2. The molecule has 1 heterocycles. The lowest BCUT2D eigenvalue weighted by Gasteiger charge is -2.12. The fraction of sp³-hybridized carbons (Fsp3) is 0.125. The maximum Gasteiger partial charge on any atom is 0.212 e. The highest BCUT2D eigenvalue weighted by Crippen LogP contribution is 2.29. The number of nitriles is 1. The molecule has 3 N–H and O–H groups in total. The Kier molecular flexibility index (Phi) is 4.15. The van der Waals surface area contributed by atoms with Gasteiger partial charge in [0, 0.05) is 18.0 Å². The number of rotatable bonds is 2. The molecule has 106 valence electrons. The number of nitrogen functional groups attached to an aromatic ring is 1. The number of aromatic amines is 1. The van der Waals surface area contributed by atoms with Crippen LogP contribution in [-0.2, 0) is 0 Å². The average molecular weight is 300 g/mol. The predicted molar refractivity (Wildman–Crippen MR) is 85.1 cm³/mol. The van der Waals surface area contributed by atoms with Crippen molar-refractivity contribution in [2.75, 3.05) is 5.73 Å². The summed E-state index contributed by atoms with van der Waals surface area (Å²) >= 11 is 6.02. The maximum absolute atomic E-state index is 12.2. The molecule has 0 radical (unpaired) electrons. The Balaban J connectivity index is 2.72. The van der Waals surface area contributed by atoms with Crippen molar-refractivity contribution in [1.29, 1.82) is 5.26 Å². The molecule has 5 heteroatoms. The average Bonchev–Trinajstić information content (AvgIpc) is 2.46. The van der Waals surface area contributed by atoms with Crippen LogP contribution in [0.4, 0.5) is 5.69 Å². The number of nitrogens with two attached hydrogens (primary N) is 1. The summed E-state index contributed by atoms with van der Waals surface area (Å²) in [5.74, 6) is 0. The van der Waals surface area contributed by atoms with Crippen molar-refractivity contribution in [2.24, 2.45) is 0 Å². The Morgan fingerprint density at radius 1 is 1.38 bits per heavy atom. The highest BCUT2D eigenvalue weighted by molar-refractivity contribution is 6.31. The molecular weight excluding hydrogens is 286 g/mol. The lowest BCUT2D eigenvalue weighted by Crippen LogP contribution is -2.14. The molecule has 0 bridgehead atoms. The van der Waals surface area contributed by atoms with Gasteiger partial charge in [-0.05, 0) is 42.7 Å². The van der Waals surface area contributed by atoms with Gasteiger partial charge >= 0.3 is 0 Å². The Hall–Kier alpha value is -2.51. The minimum atomic E-state index is -0.241. The van der Waals surface area contributed by atoms with Crippen LogP contribution in [0.5, 0.6) is 0 Å². The predicted octanol–water partition coefficient (Wildman–Crippen LogP) is 3.24. The summed E-state index contributed by atoms with van der Waals surface area (Å²) in [6, 6.07) is 5.46. The van der Waals surface area contributed by atoms with Crippen LogP contribution in [0.25, 0.3) is 5.57 Å². The summed E-state index contributed by atoms with van der Waals surface area (Å²) < 4.78 is 0. The molecule has 0 spiro atoms. The standard InChI is InChI=1S/C16H14ClN3O/c1-3-11(13-7-20-8-15(19)16(13)21)12-5-10(6-18)14(17)4-9(12)2/h3-5,7-8H,19H2,1-2H3,(H,20,21)/b11-3+. The first-order valence-electron chi connectivity index (χ1n) is 6.33. The van der Waals surface area contributed by atoms with Crippen LogP contribution in [0.2, 0.25) is 5.02 Å². The number of hydrogen-bond acceptors (Lipinski definition) is 3. The number of benzene rings is 1. The number of allylic oxidation sites excluding steroid dienone is 1. The van der Waals surface area contributed by atoms with Crippen molar-refractivity contribution in [2.45, 2.75) is 13.8 Å². The molecular formula is C16H14ClN3O. The summed E-state index contributed by atoms with van der Waals surface area (Å²) in [6.45, 7) is 3.71. The van der Waals surface area contributed by atoms with Crippen molar-refractivity contribution >= 4 is 22.9 Å². The molecule has 21 heavy (non-hydrogen) atoms. The van der Waals surface area contributed by atoms with E-state index in [1.54, 1.807) is 18.3 Å². The number of pyridine rings is 1. The number of halogens is 1. The van der Waals surface area contributed by atoms with E-state index in [0.29, 0.717) is 21.7 Å². The molecule has 1 aromatic carbocycles. The van der Waals surface area contributed by atoms with E-state index < -0.39 is 0 Å². The molecule has 0 atom stereocenters. The number of hydrogen-bond donors (Lipinski definition) is 2. The molecule has 2 aromatic rings. The Morgan fingerprint density at radius 3 is 2.71 bits per heavy atom. The van der Waals surface area contributed by atoms with Crippen LogP contribution in [0, 0.1) is 18.3 Å². The Bertz CT molecular complexity index is 828. The van der Waals surface area contributed by atoms with Crippen LogP contribution >= 0.6 is 11.6 Å². The lowest BCUT2D eigenvalue weighted by atomic mass is 9.93. The van der Waals surface area contributed by atoms with E-state index in [9.17, 15) is 4.79 Å². The van der Waals surface area contributed by atoms with Crippen molar-refractivity contribution in [3.05, 3.63) is 68.1 Å². The molecule has 0 saturated carbocycles. The van der Waals surface area contributed by atoms with Gasteiger partial charge in [0.2, 0.25) is 5.43 Å². The third kappa shape index (κ3) is 2.69. The quantitative estimate of drug-likeness (QED) is 0.893. The molecule has 0 aliphatic carbocycles. The van der Waals surface area contributed by atoms with Gasteiger partial charge in [0.1, 0.15) is 6.07 Å². The van der Waals surface area contributed by atoms with Crippen LogP contribution in [0.3, 0.4) is 0 Å². The van der Waals surface area contributed by atoms with Crippen molar-refractivity contribution in [3.8, 4) is 6.07 Å². The van der Waals surface area contributed by atoms with Gasteiger partial charge in [-0.1, -0.05) is 17.7 Å². The molecule has 0 amide bonds. The summed E-state index contributed by atoms with van der Waals surface area (Å²) in [4.78, 5) is 15.1. The van der Waals surface area contributed by atoms with E-state index in [1.165, 1.54) is 6.20 Å². The smallest absolute Gasteiger partial charge is 0.212 e. The van der Waals surface area contributed by atoms with Gasteiger partial charge in [0.05, 0.1) is 16.3 Å². The minimum absolute atomic E-state index is 0.152. The summed E-state index contributed by atoms with van der Waals surface area (Å²) in [6.07, 6.45) is 4.88. The SMILES string of the molecule is C/C=C(\c1cc(C#N)c(Cl)cc1C)c1c[nH]cc(N)c1=O. The van der Waals surface area contributed by atoms with E-state index in [-0.39, 0.29) is 11.1 Å². The molecule has 0 aliphatic heterocycles. The zero-order chi connectivity index (χ0) is 15.6. The van der Waals surface area contributed by atoms with Crippen molar-refractivity contribution in [3.63, 3.8) is 0 Å². The number of anilines is 1. The van der Waals surface area contributed by atoms with E-state index >= 15 is 0 Å². The molecule has 4 nitrogen and oxygen atoms in total. The fourth-order valence-electron chi connectivity index (χ4n) is 2.21. The van der Waals surface area contributed by atoms with Crippen LogP contribution in [0.15, 0.2) is 35.4 Å². The molecule has 2 rings (SSSR count). The number of aromatic nitrogens is 1. The topological polar surface area (TPSA) is 82.7 Å². The lowest BCUT2D eigenvalue weighted by molar-refractivity contribution is 1.27. The molecule has 0 fully saturated rings. The third-order valence-electron chi connectivity index (χ3n) is 3.28. The zero-order valence-corrected chi connectivity index (χ0v) is 12.5. The van der Waals surface area contributed by atoms with Gasteiger partial charge in [-0.25, -0.2) is 0 Å². The van der Waals surface area contributed by atoms with Gasteiger partial charge < -0.3 is 10.7 Å². The fourth-order valence-corrected chi connectivity index (χ4v) is 2.47. The molecule has 0 saturated heterocycles. The second-order valence-corrected chi connectivity index (χ2v) is 5.02. The van der Waals surface area contributed by atoms with E-state index in [1.807, 2.05) is 26.0 Å². The van der Waals surface area contributed by atoms with E-state index in [0.717, 1.165) is 11.1 Å². The van der Waals surface area contributed by atoms with Crippen LogP contribution in [0.1, 0.15) is 29.2 Å². The van der Waals surface area contributed by atoms with E-state index in [4.69, 9.17) is 22.6 Å². The number of H-pyrrole nitrogens is 1. The van der Waals surface area contributed by atoms with Crippen LogP contribution in [-0.4, -0.2) is 4.98 Å². The summed E-state index contributed by atoms with van der Waals surface area (Å²) in [7, 11) is 0. The minimum Gasteiger partial charge on any atom is -0.394 e. The van der Waals surface area contributed by atoms with Gasteiger partial charge in [-0.15, -0.1) is 0 Å². The first-order chi connectivity index (χ1) is 9.99. The highest BCUT2D eigenvalue weighted by Gasteiger charge is 2.14. The van der Waals surface area contributed by atoms with Gasteiger partial charge in [0.15, 0.2) is 0 Å². The van der Waals surface area contributed by atoms with Crippen LogP contribution < -0.4 is 11.2 Å². The first-order valence-corrected chi connectivity index (χ1v) is 6.71. The number of aryl methyl sites for hydroxylation is 1. The zero-order valence-electron chi connectivity index (χ0n) is 11.7. The molecule has 0 unspecified atom stereocenters. The Morgan fingerprint density at radius 2 is 2.10 bits per heavy atom. The second kappa shape index (κ2) is 5.86. The number of nitrogens with one attached hydrogen (secondary N) is 1. The van der Waals surface area contributed by atoms with Gasteiger partial charge in [-0.3, -0.25) is 4.79 Å².